The van der Waals surface area contributed by atoms with Crippen LogP contribution in [0.1, 0.15) is 88.1 Å². The van der Waals surface area contributed by atoms with Crippen LogP contribution < -0.4 is 10.0 Å². The van der Waals surface area contributed by atoms with Gasteiger partial charge in [0, 0.05) is 43.9 Å². The number of sulfonamides is 1. The van der Waals surface area contributed by atoms with Gasteiger partial charge in [-0.2, -0.15) is 5.10 Å². The predicted octanol–water partition coefficient (Wildman–Crippen LogP) is 2.94. The van der Waals surface area contributed by atoms with Gasteiger partial charge < -0.3 is 15.3 Å². The lowest BCUT2D eigenvalue weighted by atomic mass is 9.77. The first-order valence-corrected chi connectivity index (χ1v) is 17.6. The van der Waals surface area contributed by atoms with Crippen molar-refractivity contribution < 1.29 is 23.1 Å². The number of aliphatic hydroxyl groups is 1. The van der Waals surface area contributed by atoms with Gasteiger partial charge in [-0.25, -0.2) is 17.8 Å². The van der Waals surface area contributed by atoms with Crippen molar-refractivity contribution in [2.24, 2.45) is 0 Å². The van der Waals surface area contributed by atoms with E-state index >= 15 is 0 Å². The summed E-state index contributed by atoms with van der Waals surface area (Å²) in [5, 5.41) is 19.0. The minimum absolute atomic E-state index is 0.0491. The van der Waals surface area contributed by atoms with Crippen LogP contribution in [0, 0.1) is 13.8 Å². The van der Waals surface area contributed by atoms with Crippen molar-refractivity contribution in [3.05, 3.63) is 41.2 Å². The van der Waals surface area contributed by atoms with Gasteiger partial charge in [-0.3, -0.25) is 14.5 Å². The average molecular weight is 629 g/mol. The fraction of sp³-hybridized carbons (Fsp3) is 0.656. The van der Waals surface area contributed by atoms with Gasteiger partial charge in [0.15, 0.2) is 0 Å². The number of piperidine rings is 1. The topological polar surface area (TPSA) is 137 Å². The van der Waals surface area contributed by atoms with Crippen LogP contribution >= 0.6 is 0 Å². The molecule has 1 saturated carbocycles. The Morgan fingerprint density at radius 2 is 1.70 bits per heavy atom. The van der Waals surface area contributed by atoms with E-state index in [0.717, 1.165) is 54.7 Å². The first-order valence-electron chi connectivity index (χ1n) is 16.1. The number of nitrogens with one attached hydrogen (secondary N) is 2. The normalized spacial score (nSPS) is 22.4. The summed E-state index contributed by atoms with van der Waals surface area (Å²) in [6.45, 7) is 8.63. The molecule has 0 bridgehead atoms. The van der Waals surface area contributed by atoms with Crippen molar-refractivity contribution in [1.29, 1.82) is 0 Å². The Morgan fingerprint density at radius 3 is 2.32 bits per heavy atom. The predicted molar refractivity (Wildman–Crippen MR) is 168 cm³/mol. The first-order chi connectivity index (χ1) is 20.9. The summed E-state index contributed by atoms with van der Waals surface area (Å²) in [5.41, 5.74) is 2.00. The molecule has 2 saturated heterocycles. The molecule has 0 radical (unpaired) electrons. The highest BCUT2D eigenvalue weighted by Gasteiger charge is 2.54. The van der Waals surface area contributed by atoms with Gasteiger partial charge in [-0.1, -0.05) is 32.6 Å². The van der Waals surface area contributed by atoms with E-state index in [9.17, 15) is 23.1 Å². The lowest BCUT2D eigenvalue weighted by molar-refractivity contribution is -0.163. The highest BCUT2D eigenvalue weighted by atomic mass is 32.2. The van der Waals surface area contributed by atoms with Crippen molar-refractivity contribution in [3.63, 3.8) is 0 Å². The molecule has 3 N–H and O–H groups in total. The summed E-state index contributed by atoms with van der Waals surface area (Å²) < 4.78 is 28.4. The molecule has 1 aromatic heterocycles. The number of hydrogen-bond acceptors (Lipinski definition) is 7. The van der Waals surface area contributed by atoms with E-state index in [4.69, 9.17) is 5.10 Å². The minimum atomic E-state index is -3.52. The molecule has 2 amide bonds. The SMILES string of the molecule is CCCCN1C(=O)[C@@H](CC2(O)CCCCC2)NC(=O)C12CCN(Cc1c(C)nn(-c3ccc(S(=O)(=O)NC)cc3)c1C)CC2. The van der Waals surface area contributed by atoms with Crippen molar-refractivity contribution in [2.75, 3.05) is 26.7 Å². The number of carbonyl (C=O) groups excluding carboxylic acids is 2. The summed E-state index contributed by atoms with van der Waals surface area (Å²) in [4.78, 5) is 32.1. The van der Waals surface area contributed by atoms with E-state index in [0.29, 0.717) is 58.3 Å². The van der Waals surface area contributed by atoms with E-state index in [-0.39, 0.29) is 16.7 Å². The molecule has 2 aliphatic heterocycles. The van der Waals surface area contributed by atoms with E-state index in [1.165, 1.54) is 7.05 Å². The number of likely N-dealkylation sites (tertiary alicyclic amines) is 1. The van der Waals surface area contributed by atoms with Crippen LogP contribution in [0.25, 0.3) is 5.69 Å². The molecule has 0 unspecified atom stereocenters. The fourth-order valence-corrected chi connectivity index (χ4v) is 8.02. The number of piperazine rings is 1. The Balaban J connectivity index is 1.29. The van der Waals surface area contributed by atoms with Crippen LogP contribution in [0.4, 0.5) is 0 Å². The number of hydrogen-bond donors (Lipinski definition) is 3. The number of unbranched alkanes of at least 4 members (excludes halogenated alkanes) is 1. The third-order valence-electron chi connectivity index (χ3n) is 10.1. The summed E-state index contributed by atoms with van der Waals surface area (Å²) >= 11 is 0. The molecule has 242 valence electrons. The van der Waals surface area contributed by atoms with Crippen LogP contribution in [0.5, 0.6) is 0 Å². The Labute approximate surface area is 261 Å². The van der Waals surface area contributed by atoms with E-state index in [1.807, 2.05) is 23.4 Å². The van der Waals surface area contributed by atoms with Gasteiger partial charge in [-0.15, -0.1) is 0 Å². The van der Waals surface area contributed by atoms with Gasteiger partial charge >= 0.3 is 0 Å². The second kappa shape index (κ2) is 12.9. The van der Waals surface area contributed by atoms with E-state index in [2.05, 4.69) is 21.9 Å². The molecular weight excluding hydrogens is 580 g/mol. The van der Waals surface area contributed by atoms with Crippen LogP contribution in [-0.4, -0.2) is 88.8 Å². The Kier molecular flexibility index (Phi) is 9.55. The molecular formula is C32H48N6O5S. The number of benzene rings is 1. The molecule has 1 aromatic carbocycles. The maximum Gasteiger partial charge on any atom is 0.246 e. The highest BCUT2D eigenvalue weighted by Crippen LogP contribution is 2.38. The van der Waals surface area contributed by atoms with Gasteiger partial charge in [0.25, 0.3) is 0 Å². The first kappa shape index (κ1) is 32.6. The van der Waals surface area contributed by atoms with Crippen molar-refractivity contribution in [1.82, 2.24) is 29.6 Å². The van der Waals surface area contributed by atoms with Gasteiger partial charge in [-0.05, 0) is 77.3 Å². The zero-order chi connectivity index (χ0) is 31.7. The smallest absolute Gasteiger partial charge is 0.246 e. The number of amides is 2. The highest BCUT2D eigenvalue weighted by molar-refractivity contribution is 7.89. The van der Waals surface area contributed by atoms with Crippen LogP contribution in [0.3, 0.4) is 0 Å². The standard InChI is InChI=1S/C32H48N6O5S/c1-5-6-18-37-29(39)28(21-31(41)14-8-7-9-15-31)34-30(40)32(37)16-19-36(20-17-32)22-27-23(2)35-38(24(27)3)25-10-12-26(13-11-25)44(42,43)33-4/h10-13,28,33,41H,5-9,14-22H2,1-4H3,(H,34,40)/t28-/m1/s1. The summed E-state index contributed by atoms with van der Waals surface area (Å²) in [6.07, 6.45) is 7.54. The Hall–Kier alpha value is -2.80. The van der Waals surface area contributed by atoms with Crippen LogP contribution in [-0.2, 0) is 26.2 Å². The lowest BCUT2D eigenvalue weighted by Crippen LogP contribution is -2.73. The number of carbonyl (C=O) groups is 2. The third kappa shape index (κ3) is 6.31. The molecule has 2 aromatic rings. The summed E-state index contributed by atoms with van der Waals surface area (Å²) in [6, 6.07) is 5.98. The zero-order valence-corrected chi connectivity index (χ0v) is 27.4. The molecule has 44 heavy (non-hydrogen) atoms. The number of aryl methyl sites for hydroxylation is 1. The van der Waals surface area contributed by atoms with Crippen molar-refractivity contribution in [3.8, 4) is 5.69 Å². The van der Waals surface area contributed by atoms with Crippen molar-refractivity contribution in [2.45, 2.75) is 114 Å². The van der Waals surface area contributed by atoms with Gasteiger partial charge in [0.1, 0.15) is 11.6 Å². The van der Waals surface area contributed by atoms with Gasteiger partial charge in [0.2, 0.25) is 21.8 Å². The lowest BCUT2D eigenvalue weighted by Gasteiger charge is -2.52. The van der Waals surface area contributed by atoms with E-state index in [1.54, 1.807) is 24.3 Å². The minimum Gasteiger partial charge on any atom is -0.390 e. The Bertz CT molecular complexity index is 1460. The number of aromatic nitrogens is 2. The molecule has 1 aliphatic carbocycles. The zero-order valence-electron chi connectivity index (χ0n) is 26.6. The molecule has 1 atom stereocenters. The Morgan fingerprint density at radius 1 is 1.05 bits per heavy atom. The molecule has 12 heteroatoms. The quantitative estimate of drug-likeness (QED) is 0.368. The summed E-state index contributed by atoms with van der Waals surface area (Å²) in [5.74, 6) is -0.131. The molecule has 3 heterocycles. The average Bonchev–Trinajstić information content (AvgIpc) is 3.29. The molecule has 3 fully saturated rings. The van der Waals surface area contributed by atoms with Crippen molar-refractivity contribution >= 4 is 21.8 Å². The maximum absolute atomic E-state index is 13.9. The van der Waals surface area contributed by atoms with Gasteiger partial charge in [0.05, 0.1) is 21.9 Å². The maximum atomic E-state index is 13.9. The van der Waals surface area contributed by atoms with Crippen LogP contribution in [0.15, 0.2) is 29.2 Å². The number of rotatable bonds is 10. The molecule has 5 rings (SSSR count). The van der Waals surface area contributed by atoms with E-state index < -0.39 is 27.2 Å². The third-order valence-corrected chi connectivity index (χ3v) is 11.5. The largest absolute Gasteiger partial charge is 0.390 e. The summed E-state index contributed by atoms with van der Waals surface area (Å²) in [7, 11) is -2.13. The molecule has 1 spiro atoms. The second-order valence-corrected chi connectivity index (χ2v) is 14.8. The molecule has 3 aliphatic rings. The second-order valence-electron chi connectivity index (χ2n) is 12.9. The monoisotopic (exact) mass is 628 g/mol. The van der Waals surface area contributed by atoms with Crippen LogP contribution in [0.2, 0.25) is 0 Å². The fourth-order valence-electron chi connectivity index (χ4n) is 7.29. The molecule has 11 nitrogen and oxygen atoms in total. The number of nitrogens with zero attached hydrogens (tertiary/aromatic N) is 4.